The van der Waals surface area contributed by atoms with E-state index in [9.17, 15) is 9.59 Å². The quantitative estimate of drug-likeness (QED) is 0.621. The van der Waals surface area contributed by atoms with Crippen LogP contribution in [-0.2, 0) is 4.79 Å². The molecule has 2 aliphatic heterocycles. The molecule has 2 saturated heterocycles. The molecule has 0 radical (unpaired) electrons. The van der Waals surface area contributed by atoms with Crippen LogP contribution in [0.5, 0.6) is 0 Å². The van der Waals surface area contributed by atoms with Crippen LogP contribution >= 0.6 is 23.2 Å². The van der Waals surface area contributed by atoms with Crippen LogP contribution in [0.2, 0.25) is 10.0 Å². The van der Waals surface area contributed by atoms with Gasteiger partial charge in [-0.15, -0.1) is 0 Å². The Labute approximate surface area is 186 Å². The molecule has 0 unspecified atom stereocenters. The van der Waals surface area contributed by atoms with Gasteiger partial charge in [0.1, 0.15) is 5.76 Å². The summed E-state index contributed by atoms with van der Waals surface area (Å²) < 4.78 is 5.79. The lowest BCUT2D eigenvalue weighted by Gasteiger charge is -2.33. The maximum absolute atomic E-state index is 12.9. The highest BCUT2D eigenvalue weighted by molar-refractivity contribution is 6.43. The Bertz CT molecular complexity index is 911. The van der Waals surface area contributed by atoms with Crippen molar-refractivity contribution in [3.05, 3.63) is 46.1 Å². The summed E-state index contributed by atoms with van der Waals surface area (Å²) >= 11 is 12.3. The lowest BCUT2D eigenvalue weighted by molar-refractivity contribution is -0.136. The summed E-state index contributed by atoms with van der Waals surface area (Å²) in [5, 5.41) is 0.843. The molecule has 160 valence electrons. The van der Waals surface area contributed by atoms with Crippen molar-refractivity contribution in [3.63, 3.8) is 0 Å². The molecule has 0 saturated carbocycles. The molecule has 5 nitrogen and oxygen atoms in total. The Hall–Kier alpha value is -1.98. The molecule has 2 aromatic rings. The zero-order valence-corrected chi connectivity index (χ0v) is 18.4. The molecule has 2 amide bonds. The molecule has 7 heteroatoms. The van der Waals surface area contributed by atoms with Crippen molar-refractivity contribution in [2.24, 2.45) is 5.92 Å². The van der Waals surface area contributed by atoms with Crippen LogP contribution in [-0.4, -0.2) is 47.8 Å². The number of benzene rings is 1. The van der Waals surface area contributed by atoms with Gasteiger partial charge in [0.25, 0.3) is 5.91 Å². The first-order valence-electron chi connectivity index (χ1n) is 10.7. The average molecular weight is 449 g/mol. The van der Waals surface area contributed by atoms with E-state index in [0.717, 1.165) is 25.9 Å². The van der Waals surface area contributed by atoms with Gasteiger partial charge in [0.2, 0.25) is 5.91 Å². The van der Waals surface area contributed by atoms with Crippen molar-refractivity contribution in [2.75, 3.05) is 26.2 Å². The predicted molar refractivity (Wildman–Crippen MR) is 118 cm³/mol. The van der Waals surface area contributed by atoms with E-state index < -0.39 is 0 Å². The molecular weight excluding hydrogens is 423 g/mol. The van der Waals surface area contributed by atoms with Crippen molar-refractivity contribution in [1.82, 2.24) is 9.80 Å². The number of carbonyl (C=O) groups excluding carboxylic acids is 2. The molecule has 1 aromatic heterocycles. The lowest BCUT2D eigenvalue weighted by Crippen LogP contribution is -2.44. The van der Waals surface area contributed by atoms with Gasteiger partial charge in [0.15, 0.2) is 5.76 Å². The van der Waals surface area contributed by atoms with Crippen molar-refractivity contribution in [2.45, 2.75) is 38.5 Å². The standard InChI is InChI=1S/C23H26Cl2N2O3/c24-18-7-5-6-17(21(18)25)19-8-9-20(30-19)23(29)27-14-10-16(11-15-27)22(28)26-12-3-1-2-4-13-26/h5-9,16H,1-4,10-15H2. The maximum Gasteiger partial charge on any atom is 0.289 e. The minimum atomic E-state index is -0.153. The summed E-state index contributed by atoms with van der Waals surface area (Å²) in [4.78, 5) is 29.6. The molecule has 3 heterocycles. The van der Waals surface area contributed by atoms with Crippen LogP contribution in [0.15, 0.2) is 34.7 Å². The topological polar surface area (TPSA) is 53.8 Å². The van der Waals surface area contributed by atoms with E-state index in [0.29, 0.717) is 47.3 Å². The van der Waals surface area contributed by atoms with Crippen LogP contribution < -0.4 is 0 Å². The first-order valence-corrected chi connectivity index (χ1v) is 11.4. The van der Waals surface area contributed by atoms with Crippen LogP contribution in [0, 0.1) is 5.92 Å². The van der Waals surface area contributed by atoms with Gasteiger partial charge in [-0.2, -0.15) is 0 Å². The second-order valence-corrected chi connectivity index (χ2v) is 8.86. The fourth-order valence-electron chi connectivity index (χ4n) is 4.33. The normalized spacial score (nSPS) is 18.3. The highest BCUT2D eigenvalue weighted by Crippen LogP contribution is 2.34. The van der Waals surface area contributed by atoms with Gasteiger partial charge in [0, 0.05) is 37.7 Å². The number of furan rings is 1. The molecule has 1 aromatic carbocycles. The molecule has 0 atom stereocenters. The smallest absolute Gasteiger partial charge is 0.289 e. The summed E-state index contributed by atoms with van der Waals surface area (Å²) in [5.74, 6) is 0.917. The van der Waals surface area contributed by atoms with Gasteiger partial charge in [-0.1, -0.05) is 42.1 Å². The molecule has 4 rings (SSSR count). The van der Waals surface area contributed by atoms with Gasteiger partial charge in [-0.25, -0.2) is 0 Å². The summed E-state index contributed by atoms with van der Waals surface area (Å²) in [6, 6.07) is 8.71. The van der Waals surface area contributed by atoms with Crippen LogP contribution in [0.25, 0.3) is 11.3 Å². The van der Waals surface area contributed by atoms with Crippen molar-refractivity contribution in [1.29, 1.82) is 0 Å². The molecular formula is C23H26Cl2N2O3. The zero-order valence-electron chi connectivity index (χ0n) is 16.9. The Kier molecular flexibility index (Phi) is 6.69. The Morgan fingerprint density at radius 2 is 1.57 bits per heavy atom. The number of piperidine rings is 1. The highest BCUT2D eigenvalue weighted by Gasteiger charge is 2.31. The number of rotatable bonds is 3. The van der Waals surface area contributed by atoms with Crippen LogP contribution in [0.1, 0.15) is 49.1 Å². The summed E-state index contributed by atoms with van der Waals surface area (Å²) in [6.45, 7) is 2.88. The molecule has 0 aliphatic carbocycles. The van der Waals surface area contributed by atoms with Crippen molar-refractivity contribution >= 4 is 35.0 Å². The number of carbonyl (C=O) groups is 2. The summed E-state index contributed by atoms with van der Waals surface area (Å²) in [6.07, 6.45) is 6.02. The van der Waals surface area contributed by atoms with E-state index in [-0.39, 0.29) is 23.5 Å². The predicted octanol–water partition coefficient (Wildman–Crippen LogP) is 5.51. The van der Waals surface area contributed by atoms with Crippen LogP contribution in [0.3, 0.4) is 0 Å². The number of halogens is 2. The molecule has 2 aliphatic rings. The lowest BCUT2D eigenvalue weighted by atomic mass is 9.95. The molecule has 0 spiro atoms. The minimum Gasteiger partial charge on any atom is -0.451 e. The van der Waals surface area contributed by atoms with Gasteiger partial charge in [-0.05, 0) is 49.9 Å². The third-order valence-electron chi connectivity index (χ3n) is 6.08. The number of likely N-dealkylation sites (tertiary alicyclic amines) is 2. The van der Waals surface area contributed by atoms with E-state index in [2.05, 4.69) is 0 Å². The minimum absolute atomic E-state index is 0.0181. The van der Waals surface area contributed by atoms with E-state index in [1.165, 1.54) is 12.8 Å². The Morgan fingerprint density at radius 3 is 2.27 bits per heavy atom. The number of hydrogen-bond donors (Lipinski definition) is 0. The SMILES string of the molecule is O=C(c1ccc(-c2cccc(Cl)c2Cl)o1)N1CCC(C(=O)N2CCCCCC2)CC1. The van der Waals surface area contributed by atoms with Crippen LogP contribution in [0.4, 0.5) is 0 Å². The van der Waals surface area contributed by atoms with E-state index in [1.54, 1.807) is 35.2 Å². The molecule has 0 bridgehead atoms. The zero-order chi connectivity index (χ0) is 21.1. The van der Waals surface area contributed by atoms with E-state index in [4.69, 9.17) is 27.6 Å². The van der Waals surface area contributed by atoms with E-state index in [1.807, 2.05) is 4.90 Å². The highest BCUT2D eigenvalue weighted by atomic mass is 35.5. The first kappa shape index (κ1) is 21.3. The Morgan fingerprint density at radius 1 is 0.867 bits per heavy atom. The van der Waals surface area contributed by atoms with Gasteiger partial charge >= 0.3 is 0 Å². The maximum atomic E-state index is 12.9. The number of nitrogens with zero attached hydrogens (tertiary/aromatic N) is 2. The fourth-order valence-corrected chi connectivity index (χ4v) is 4.72. The Balaban J connectivity index is 1.37. The monoisotopic (exact) mass is 448 g/mol. The average Bonchev–Trinajstić information content (AvgIpc) is 3.09. The van der Waals surface area contributed by atoms with Crippen molar-refractivity contribution in [3.8, 4) is 11.3 Å². The molecule has 30 heavy (non-hydrogen) atoms. The third-order valence-corrected chi connectivity index (χ3v) is 6.90. The second kappa shape index (κ2) is 9.44. The van der Waals surface area contributed by atoms with Gasteiger partial charge < -0.3 is 14.2 Å². The first-order chi connectivity index (χ1) is 14.5. The molecule has 0 N–H and O–H groups in total. The second-order valence-electron chi connectivity index (χ2n) is 8.07. The fraction of sp³-hybridized carbons (Fsp3) is 0.478. The largest absolute Gasteiger partial charge is 0.451 e. The van der Waals surface area contributed by atoms with Gasteiger partial charge in [0.05, 0.1) is 10.0 Å². The van der Waals surface area contributed by atoms with E-state index >= 15 is 0 Å². The number of amides is 2. The van der Waals surface area contributed by atoms with Gasteiger partial charge in [-0.3, -0.25) is 9.59 Å². The summed E-state index contributed by atoms with van der Waals surface area (Å²) in [7, 11) is 0. The number of hydrogen-bond acceptors (Lipinski definition) is 3. The van der Waals surface area contributed by atoms with Crippen molar-refractivity contribution < 1.29 is 14.0 Å². The third kappa shape index (κ3) is 4.52. The molecule has 2 fully saturated rings. The summed E-state index contributed by atoms with van der Waals surface area (Å²) in [5.41, 5.74) is 0.657.